The molecule has 2 aliphatic carbocycles. The van der Waals surface area contributed by atoms with Gasteiger partial charge in [0, 0.05) is 10.9 Å². The molecule has 4 unspecified atom stereocenters. The Balaban J connectivity index is 1.47. The molecule has 0 saturated heterocycles. The molecular formula is C17H22ClNOS. The molecule has 0 aromatic heterocycles. The van der Waals surface area contributed by atoms with Crippen LogP contribution in [0.5, 0.6) is 0 Å². The lowest BCUT2D eigenvalue weighted by Gasteiger charge is -2.28. The Morgan fingerprint density at radius 3 is 2.86 bits per heavy atom. The normalized spacial score (nSPS) is 28.6. The number of halogens is 1. The second-order valence-electron chi connectivity index (χ2n) is 6.41. The van der Waals surface area contributed by atoms with Gasteiger partial charge in [-0.1, -0.05) is 30.2 Å². The Bertz CT molecular complexity index is 521. The van der Waals surface area contributed by atoms with E-state index in [1.165, 1.54) is 37.4 Å². The fourth-order valence-electron chi connectivity index (χ4n) is 4.01. The second kappa shape index (κ2) is 6.62. The number of thioether (sulfide) groups is 1. The standard InChI is InChI=1S/C17H22ClNOS/c1-11(14-9-12-6-7-13(14)8-12)19-17(20)10-21-16-5-3-2-4-15(16)18/h2-5,11-14H,6-10H2,1H3,(H,19,20). The molecule has 0 radical (unpaired) electrons. The van der Waals surface area contributed by atoms with Crippen molar-refractivity contribution >= 4 is 29.3 Å². The third-order valence-electron chi connectivity index (χ3n) is 5.02. The Morgan fingerprint density at radius 1 is 1.38 bits per heavy atom. The highest BCUT2D eigenvalue weighted by atomic mass is 35.5. The number of carbonyl (C=O) groups excluding carboxylic acids is 1. The quantitative estimate of drug-likeness (QED) is 0.815. The summed E-state index contributed by atoms with van der Waals surface area (Å²) in [5, 5.41) is 3.91. The fourth-order valence-corrected chi connectivity index (χ4v) is 5.06. The highest BCUT2D eigenvalue weighted by Crippen LogP contribution is 2.49. The average molecular weight is 324 g/mol. The minimum absolute atomic E-state index is 0.121. The van der Waals surface area contributed by atoms with Gasteiger partial charge in [0.1, 0.15) is 0 Å². The van der Waals surface area contributed by atoms with Gasteiger partial charge >= 0.3 is 0 Å². The topological polar surface area (TPSA) is 29.1 Å². The van der Waals surface area contributed by atoms with E-state index in [0.29, 0.717) is 17.7 Å². The zero-order valence-electron chi connectivity index (χ0n) is 12.3. The molecule has 21 heavy (non-hydrogen) atoms. The lowest BCUT2D eigenvalue weighted by molar-refractivity contribution is -0.119. The molecule has 0 aliphatic heterocycles. The lowest BCUT2D eigenvalue weighted by atomic mass is 9.84. The van der Waals surface area contributed by atoms with Crippen LogP contribution in [0.25, 0.3) is 0 Å². The van der Waals surface area contributed by atoms with Crippen LogP contribution in [0, 0.1) is 17.8 Å². The molecule has 1 amide bonds. The van der Waals surface area contributed by atoms with Gasteiger partial charge < -0.3 is 5.32 Å². The molecule has 2 aliphatic rings. The monoisotopic (exact) mass is 323 g/mol. The molecule has 2 bridgehead atoms. The fraction of sp³-hybridized carbons (Fsp3) is 0.588. The van der Waals surface area contributed by atoms with Crippen LogP contribution < -0.4 is 5.32 Å². The molecule has 0 heterocycles. The molecule has 2 fully saturated rings. The zero-order valence-corrected chi connectivity index (χ0v) is 13.9. The van der Waals surface area contributed by atoms with Gasteiger partial charge in [0.05, 0.1) is 10.8 Å². The number of hydrogen-bond acceptors (Lipinski definition) is 2. The summed E-state index contributed by atoms with van der Waals surface area (Å²) in [5.74, 6) is 3.03. The van der Waals surface area contributed by atoms with Gasteiger partial charge in [-0.05, 0) is 56.1 Å². The van der Waals surface area contributed by atoms with Crippen LogP contribution in [0.3, 0.4) is 0 Å². The molecule has 4 atom stereocenters. The zero-order chi connectivity index (χ0) is 14.8. The van der Waals surface area contributed by atoms with Crippen molar-refractivity contribution in [2.24, 2.45) is 17.8 Å². The Hall–Kier alpha value is -0.670. The lowest BCUT2D eigenvalue weighted by Crippen LogP contribution is -2.40. The SMILES string of the molecule is CC(NC(=O)CSc1ccccc1Cl)C1CC2CCC1C2. The van der Waals surface area contributed by atoms with E-state index in [9.17, 15) is 4.79 Å². The summed E-state index contributed by atoms with van der Waals surface area (Å²) in [6.45, 7) is 2.17. The Kier molecular flexibility index (Phi) is 4.80. The Morgan fingerprint density at radius 2 is 2.19 bits per heavy atom. The van der Waals surface area contributed by atoms with Gasteiger partial charge in [-0.25, -0.2) is 0 Å². The smallest absolute Gasteiger partial charge is 0.230 e. The predicted octanol–water partition coefficient (Wildman–Crippen LogP) is 4.37. The van der Waals surface area contributed by atoms with E-state index in [-0.39, 0.29) is 5.91 Å². The summed E-state index contributed by atoms with van der Waals surface area (Å²) in [6, 6.07) is 7.98. The first-order valence-corrected chi connectivity index (χ1v) is 9.16. The van der Waals surface area contributed by atoms with E-state index in [2.05, 4.69) is 12.2 Å². The number of nitrogens with one attached hydrogen (secondary N) is 1. The summed E-state index contributed by atoms with van der Waals surface area (Å²) < 4.78 is 0. The van der Waals surface area contributed by atoms with Crippen LogP contribution in [0.1, 0.15) is 32.6 Å². The molecule has 114 valence electrons. The molecule has 1 N–H and O–H groups in total. The first kappa shape index (κ1) is 15.2. The van der Waals surface area contributed by atoms with Crippen LogP contribution in [0.4, 0.5) is 0 Å². The molecule has 4 heteroatoms. The molecular weight excluding hydrogens is 302 g/mol. The first-order valence-electron chi connectivity index (χ1n) is 7.80. The van der Waals surface area contributed by atoms with Gasteiger partial charge in [-0.3, -0.25) is 4.79 Å². The number of carbonyl (C=O) groups is 1. The molecule has 2 nitrogen and oxygen atoms in total. The van der Waals surface area contributed by atoms with E-state index < -0.39 is 0 Å². The molecule has 2 saturated carbocycles. The van der Waals surface area contributed by atoms with Crippen molar-refractivity contribution in [2.75, 3.05) is 5.75 Å². The minimum atomic E-state index is 0.121. The van der Waals surface area contributed by atoms with Crippen molar-refractivity contribution < 1.29 is 4.79 Å². The maximum absolute atomic E-state index is 12.1. The van der Waals surface area contributed by atoms with Crippen molar-refractivity contribution in [3.63, 3.8) is 0 Å². The summed E-state index contributed by atoms with van der Waals surface area (Å²) in [7, 11) is 0. The summed E-state index contributed by atoms with van der Waals surface area (Å²) in [6.07, 6.45) is 5.47. The van der Waals surface area contributed by atoms with Crippen LogP contribution in [0.15, 0.2) is 29.2 Å². The number of hydrogen-bond donors (Lipinski definition) is 1. The third-order valence-corrected chi connectivity index (χ3v) is 6.53. The maximum Gasteiger partial charge on any atom is 0.230 e. The summed E-state index contributed by atoms with van der Waals surface area (Å²) >= 11 is 7.62. The van der Waals surface area contributed by atoms with E-state index in [1.54, 1.807) is 0 Å². The van der Waals surface area contributed by atoms with Crippen molar-refractivity contribution in [3.05, 3.63) is 29.3 Å². The van der Waals surface area contributed by atoms with Crippen LogP contribution in [-0.4, -0.2) is 17.7 Å². The van der Waals surface area contributed by atoms with Crippen LogP contribution in [0.2, 0.25) is 5.02 Å². The molecule has 3 rings (SSSR count). The van der Waals surface area contributed by atoms with Gasteiger partial charge in [0.15, 0.2) is 0 Å². The van der Waals surface area contributed by atoms with Crippen molar-refractivity contribution in [2.45, 2.75) is 43.5 Å². The highest BCUT2D eigenvalue weighted by molar-refractivity contribution is 8.00. The van der Waals surface area contributed by atoms with Crippen molar-refractivity contribution in [1.82, 2.24) is 5.32 Å². The van der Waals surface area contributed by atoms with Crippen molar-refractivity contribution in [1.29, 1.82) is 0 Å². The van der Waals surface area contributed by atoms with E-state index in [4.69, 9.17) is 11.6 Å². The van der Waals surface area contributed by atoms with Crippen LogP contribution in [-0.2, 0) is 4.79 Å². The average Bonchev–Trinajstić information content (AvgIpc) is 3.09. The van der Waals surface area contributed by atoms with Crippen molar-refractivity contribution in [3.8, 4) is 0 Å². The largest absolute Gasteiger partial charge is 0.353 e. The summed E-state index contributed by atoms with van der Waals surface area (Å²) in [5.41, 5.74) is 0. The van der Waals surface area contributed by atoms with Gasteiger partial charge in [-0.2, -0.15) is 0 Å². The van der Waals surface area contributed by atoms with Crippen LogP contribution >= 0.6 is 23.4 Å². The van der Waals surface area contributed by atoms with E-state index >= 15 is 0 Å². The third kappa shape index (κ3) is 3.57. The maximum atomic E-state index is 12.1. The number of amides is 1. The summed E-state index contributed by atoms with van der Waals surface area (Å²) in [4.78, 5) is 13.1. The van der Waals surface area contributed by atoms with E-state index in [0.717, 1.165) is 21.8 Å². The molecule has 0 spiro atoms. The second-order valence-corrected chi connectivity index (χ2v) is 7.84. The van der Waals surface area contributed by atoms with Gasteiger partial charge in [-0.15, -0.1) is 11.8 Å². The predicted molar refractivity (Wildman–Crippen MR) is 88.7 cm³/mol. The minimum Gasteiger partial charge on any atom is -0.353 e. The van der Waals surface area contributed by atoms with Gasteiger partial charge in [0.2, 0.25) is 5.91 Å². The van der Waals surface area contributed by atoms with Gasteiger partial charge in [0.25, 0.3) is 0 Å². The Labute approximate surface area is 136 Å². The molecule has 1 aromatic carbocycles. The molecule has 1 aromatic rings. The number of benzene rings is 1. The highest BCUT2D eigenvalue weighted by Gasteiger charge is 2.42. The number of rotatable bonds is 5. The number of fused-ring (bicyclic) bond motifs is 2. The first-order chi connectivity index (χ1) is 10.1. The van der Waals surface area contributed by atoms with E-state index in [1.807, 2.05) is 24.3 Å².